The number of rotatable bonds is 3. The Hall–Kier alpha value is -0.430. The highest BCUT2D eigenvalue weighted by atomic mass is 79.9. The second-order valence-corrected chi connectivity index (χ2v) is 6.67. The first kappa shape index (κ1) is 13.0. The fraction of sp³-hybridized carbons (Fsp3) is 0.455. The van der Waals surface area contributed by atoms with Gasteiger partial charge in [0.15, 0.2) is 0 Å². The molecule has 1 aromatic rings. The number of nitrogens with one attached hydrogen (secondary N) is 2. The van der Waals surface area contributed by atoms with Crippen LogP contribution in [0.3, 0.4) is 0 Å². The van der Waals surface area contributed by atoms with Gasteiger partial charge in [-0.1, -0.05) is 12.1 Å². The third kappa shape index (κ3) is 2.88. The monoisotopic (exact) mass is 318 g/mol. The second-order valence-electron chi connectivity index (χ2n) is 4.20. The Balaban J connectivity index is 2.28. The van der Waals surface area contributed by atoms with Crippen LogP contribution >= 0.6 is 15.9 Å². The lowest BCUT2D eigenvalue weighted by atomic mass is 10.2. The maximum atomic E-state index is 12.2. The van der Waals surface area contributed by atoms with E-state index in [9.17, 15) is 8.42 Å². The average Bonchev–Trinajstić information content (AvgIpc) is 2.73. The van der Waals surface area contributed by atoms with Gasteiger partial charge >= 0.3 is 0 Å². The van der Waals surface area contributed by atoms with Crippen LogP contribution < -0.4 is 10.0 Å². The van der Waals surface area contributed by atoms with E-state index < -0.39 is 10.0 Å². The summed E-state index contributed by atoms with van der Waals surface area (Å²) in [7, 11) is -3.43. The molecule has 1 aromatic carbocycles. The van der Waals surface area contributed by atoms with Crippen LogP contribution in [0.25, 0.3) is 0 Å². The van der Waals surface area contributed by atoms with Crippen molar-refractivity contribution in [2.24, 2.45) is 0 Å². The van der Waals surface area contributed by atoms with E-state index in [4.69, 9.17) is 0 Å². The number of hydrogen-bond donors (Lipinski definition) is 2. The van der Waals surface area contributed by atoms with E-state index in [1.807, 2.05) is 13.0 Å². The third-order valence-corrected chi connectivity index (χ3v) is 5.71. The van der Waals surface area contributed by atoms with Gasteiger partial charge in [0, 0.05) is 17.1 Å². The highest BCUT2D eigenvalue weighted by Crippen LogP contribution is 2.25. The van der Waals surface area contributed by atoms with Gasteiger partial charge in [-0.05, 0) is 47.4 Å². The molecule has 1 aliphatic rings. The molecule has 1 saturated heterocycles. The van der Waals surface area contributed by atoms with Gasteiger partial charge in [0.2, 0.25) is 10.0 Å². The molecule has 1 heterocycles. The first-order chi connectivity index (χ1) is 8.00. The fourth-order valence-corrected chi connectivity index (χ4v) is 4.19. The molecule has 0 saturated carbocycles. The lowest BCUT2D eigenvalue weighted by Gasteiger charge is -2.13. The number of hydrogen-bond acceptors (Lipinski definition) is 3. The molecule has 0 aliphatic carbocycles. The summed E-state index contributed by atoms with van der Waals surface area (Å²) >= 11 is 3.33. The predicted octanol–water partition coefficient (Wildman–Crippen LogP) is 1.40. The molecule has 2 N–H and O–H groups in total. The van der Waals surface area contributed by atoms with E-state index in [-0.39, 0.29) is 6.04 Å². The fourth-order valence-electron chi connectivity index (χ4n) is 1.87. The molecular weight excluding hydrogens is 304 g/mol. The van der Waals surface area contributed by atoms with Gasteiger partial charge in [0.25, 0.3) is 0 Å². The summed E-state index contributed by atoms with van der Waals surface area (Å²) in [6.45, 7) is 3.44. The van der Waals surface area contributed by atoms with Crippen LogP contribution in [0.5, 0.6) is 0 Å². The topological polar surface area (TPSA) is 58.2 Å². The summed E-state index contributed by atoms with van der Waals surface area (Å²) < 4.78 is 27.7. The summed E-state index contributed by atoms with van der Waals surface area (Å²) in [5, 5.41) is 3.13. The maximum Gasteiger partial charge on any atom is 0.241 e. The number of benzene rings is 1. The van der Waals surface area contributed by atoms with E-state index in [0.29, 0.717) is 15.9 Å². The van der Waals surface area contributed by atoms with Gasteiger partial charge in [-0.25, -0.2) is 13.1 Å². The Labute approximate surface area is 110 Å². The van der Waals surface area contributed by atoms with Crippen molar-refractivity contribution in [3.63, 3.8) is 0 Å². The Morgan fingerprint density at radius 3 is 2.88 bits per heavy atom. The summed E-state index contributed by atoms with van der Waals surface area (Å²) in [6.07, 6.45) is 0.836. The van der Waals surface area contributed by atoms with E-state index in [1.165, 1.54) is 0 Å². The normalized spacial score (nSPS) is 20.7. The van der Waals surface area contributed by atoms with Crippen molar-refractivity contribution in [3.05, 3.63) is 28.2 Å². The zero-order valence-corrected chi connectivity index (χ0v) is 11.9. The Morgan fingerprint density at radius 2 is 2.24 bits per heavy atom. The molecule has 6 heteroatoms. The number of halogens is 1. The van der Waals surface area contributed by atoms with E-state index in [0.717, 1.165) is 18.5 Å². The molecule has 0 aromatic heterocycles. The van der Waals surface area contributed by atoms with Gasteiger partial charge in [0.05, 0.1) is 4.90 Å². The Bertz CT molecular complexity index is 510. The van der Waals surface area contributed by atoms with E-state index in [1.54, 1.807) is 12.1 Å². The number of sulfonamides is 1. The molecule has 1 aliphatic heterocycles. The summed E-state index contributed by atoms with van der Waals surface area (Å²) in [5.74, 6) is 0. The minimum Gasteiger partial charge on any atom is -0.315 e. The van der Waals surface area contributed by atoms with Crippen molar-refractivity contribution in [3.8, 4) is 0 Å². The lowest BCUT2D eigenvalue weighted by Crippen LogP contribution is -2.36. The summed E-state index contributed by atoms with van der Waals surface area (Å²) in [4.78, 5) is 0.310. The SMILES string of the molecule is Cc1cccc(S(=O)(=O)NC2CCNC2)c1Br. The predicted molar refractivity (Wildman–Crippen MR) is 70.5 cm³/mol. The minimum absolute atomic E-state index is 0.00703. The molecule has 4 nitrogen and oxygen atoms in total. The van der Waals surface area contributed by atoms with E-state index >= 15 is 0 Å². The van der Waals surface area contributed by atoms with Gasteiger partial charge in [-0.2, -0.15) is 0 Å². The van der Waals surface area contributed by atoms with Crippen molar-refractivity contribution in [1.82, 2.24) is 10.0 Å². The Kier molecular flexibility index (Phi) is 3.87. The van der Waals surface area contributed by atoms with Crippen molar-refractivity contribution in [1.29, 1.82) is 0 Å². The zero-order valence-electron chi connectivity index (χ0n) is 9.53. The molecule has 0 radical (unpaired) electrons. The molecule has 0 bridgehead atoms. The lowest BCUT2D eigenvalue weighted by molar-refractivity contribution is 0.559. The summed E-state index contributed by atoms with van der Waals surface area (Å²) in [5.41, 5.74) is 0.914. The largest absolute Gasteiger partial charge is 0.315 e. The first-order valence-corrected chi connectivity index (χ1v) is 7.76. The minimum atomic E-state index is -3.43. The van der Waals surface area contributed by atoms with Crippen LogP contribution in [0.2, 0.25) is 0 Å². The van der Waals surface area contributed by atoms with E-state index in [2.05, 4.69) is 26.0 Å². The molecule has 17 heavy (non-hydrogen) atoms. The van der Waals surface area contributed by atoms with Gasteiger partial charge < -0.3 is 5.32 Å². The van der Waals surface area contributed by atoms with Crippen LogP contribution in [0.15, 0.2) is 27.6 Å². The van der Waals surface area contributed by atoms with Crippen molar-refractivity contribution >= 4 is 26.0 Å². The molecule has 2 rings (SSSR count). The van der Waals surface area contributed by atoms with Crippen LogP contribution in [0, 0.1) is 6.92 Å². The van der Waals surface area contributed by atoms with Crippen LogP contribution in [-0.4, -0.2) is 27.5 Å². The van der Waals surface area contributed by atoms with Gasteiger partial charge in [-0.3, -0.25) is 0 Å². The summed E-state index contributed by atoms with van der Waals surface area (Å²) in [6, 6.07) is 5.23. The highest BCUT2D eigenvalue weighted by molar-refractivity contribution is 9.10. The van der Waals surface area contributed by atoms with Gasteiger partial charge in [-0.15, -0.1) is 0 Å². The quantitative estimate of drug-likeness (QED) is 0.885. The molecule has 94 valence electrons. The van der Waals surface area contributed by atoms with Crippen molar-refractivity contribution in [2.75, 3.05) is 13.1 Å². The molecule has 1 atom stereocenters. The number of aryl methyl sites for hydroxylation is 1. The third-order valence-electron chi connectivity index (χ3n) is 2.83. The molecule has 0 amide bonds. The van der Waals surface area contributed by atoms with Crippen molar-refractivity contribution in [2.45, 2.75) is 24.3 Å². The molecule has 0 spiro atoms. The second kappa shape index (κ2) is 5.06. The molecule has 1 unspecified atom stereocenters. The standard InChI is InChI=1S/C11H15BrN2O2S/c1-8-3-2-4-10(11(8)12)17(15,16)14-9-5-6-13-7-9/h2-4,9,13-14H,5-7H2,1H3. The molecular formula is C11H15BrN2O2S. The Morgan fingerprint density at radius 1 is 1.47 bits per heavy atom. The van der Waals surface area contributed by atoms with Crippen LogP contribution in [0.1, 0.15) is 12.0 Å². The van der Waals surface area contributed by atoms with Gasteiger partial charge in [0.1, 0.15) is 0 Å². The van der Waals surface area contributed by atoms with Crippen LogP contribution in [-0.2, 0) is 10.0 Å². The highest BCUT2D eigenvalue weighted by Gasteiger charge is 2.24. The van der Waals surface area contributed by atoms with Crippen molar-refractivity contribution < 1.29 is 8.42 Å². The molecule has 1 fully saturated rings. The van der Waals surface area contributed by atoms with Crippen LogP contribution in [0.4, 0.5) is 0 Å². The smallest absolute Gasteiger partial charge is 0.241 e. The maximum absolute atomic E-state index is 12.2. The first-order valence-electron chi connectivity index (χ1n) is 5.49. The average molecular weight is 319 g/mol. The zero-order chi connectivity index (χ0) is 12.5.